The lowest BCUT2D eigenvalue weighted by molar-refractivity contribution is -0.139. The summed E-state index contributed by atoms with van der Waals surface area (Å²) in [5, 5.41) is 0. The standard InChI is InChI=1S/C15H17F3N2O3S/c1-2-7-24(22,23)19-12-8-14(21)20(10-12)9-11-5-3-4-6-13(11)15(16,17)18/h2-6,12,19H,1,7-10H2. The smallest absolute Gasteiger partial charge is 0.337 e. The number of likely N-dealkylation sites (tertiary alicyclic amines) is 1. The van der Waals surface area contributed by atoms with E-state index in [0.717, 1.165) is 6.07 Å². The maximum Gasteiger partial charge on any atom is 0.416 e. The number of nitrogens with zero attached hydrogens (tertiary/aromatic N) is 1. The molecule has 1 aliphatic heterocycles. The molecule has 0 saturated carbocycles. The molecule has 1 amide bonds. The van der Waals surface area contributed by atoms with Crippen LogP contribution >= 0.6 is 0 Å². The molecular weight excluding hydrogens is 345 g/mol. The van der Waals surface area contributed by atoms with Crippen LogP contribution < -0.4 is 4.72 Å². The molecule has 0 aromatic heterocycles. The zero-order valence-corrected chi connectivity index (χ0v) is 13.5. The number of halogens is 3. The third-order valence-electron chi connectivity index (χ3n) is 3.58. The highest BCUT2D eigenvalue weighted by molar-refractivity contribution is 7.89. The van der Waals surface area contributed by atoms with Crippen molar-refractivity contribution in [2.24, 2.45) is 0 Å². The number of carbonyl (C=O) groups excluding carboxylic acids is 1. The van der Waals surface area contributed by atoms with Crippen molar-refractivity contribution in [1.82, 2.24) is 9.62 Å². The Hall–Kier alpha value is -1.87. The molecule has 1 unspecified atom stereocenters. The van der Waals surface area contributed by atoms with Crippen LogP contribution in [0.25, 0.3) is 0 Å². The Bertz CT molecular complexity index is 732. The Morgan fingerprint density at radius 2 is 2.00 bits per heavy atom. The van der Waals surface area contributed by atoms with Gasteiger partial charge in [0.2, 0.25) is 15.9 Å². The number of hydrogen-bond acceptors (Lipinski definition) is 3. The molecule has 132 valence electrons. The van der Waals surface area contributed by atoms with E-state index in [1.165, 1.54) is 29.2 Å². The fraction of sp³-hybridized carbons (Fsp3) is 0.400. The molecule has 0 radical (unpaired) electrons. The van der Waals surface area contributed by atoms with Crippen LogP contribution in [0.2, 0.25) is 0 Å². The first kappa shape index (κ1) is 18.5. The SMILES string of the molecule is C=CCS(=O)(=O)NC1CC(=O)N(Cc2ccccc2C(F)(F)F)C1. The van der Waals surface area contributed by atoms with Gasteiger partial charge in [0.15, 0.2) is 0 Å². The highest BCUT2D eigenvalue weighted by Gasteiger charge is 2.36. The Kier molecular flexibility index (Phi) is 5.34. The van der Waals surface area contributed by atoms with Crippen LogP contribution in [0, 0.1) is 0 Å². The van der Waals surface area contributed by atoms with Gasteiger partial charge in [-0.2, -0.15) is 13.2 Å². The van der Waals surface area contributed by atoms with Gasteiger partial charge >= 0.3 is 6.18 Å². The molecular formula is C15H17F3N2O3S. The summed E-state index contributed by atoms with van der Waals surface area (Å²) in [6.07, 6.45) is -3.37. The highest BCUT2D eigenvalue weighted by Crippen LogP contribution is 2.32. The predicted octanol–water partition coefficient (Wildman–Crippen LogP) is 1.91. The molecule has 1 aromatic rings. The molecule has 1 aromatic carbocycles. The Balaban J connectivity index is 2.10. The number of rotatable bonds is 6. The summed E-state index contributed by atoms with van der Waals surface area (Å²) in [4.78, 5) is 13.2. The molecule has 1 aliphatic rings. The van der Waals surface area contributed by atoms with E-state index in [-0.39, 0.29) is 30.8 Å². The van der Waals surface area contributed by atoms with Crippen LogP contribution in [0.4, 0.5) is 13.2 Å². The van der Waals surface area contributed by atoms with Crippen molar-refractivity contribution < 1.29 is 26.4 Å². The molecule has 0 bridgehead atoms. The average molecular weight is 362 g/mol. The van der Waals surface area contributed by atoms with Crippen LogP contribution in [0.3, 0.4) is 0 Å². The van der Waals surface area contributed by atoms with Gasteiger partial charge in [0.1, 0.15) is 0 Å². The minimum absolute atomic E-state index is 0.0204. The molecule has 1 heterocycles. The predicted molar refractivity (Wildman–Crippen MR) is 82.4 cm³/mol. The van der Waals surface area contributed by atoms with Gasteiger partial charge in [-0.1, -0.05) is 24.3 Å². The Morgan fingerprint density at radius 3 is 2.62 bits per heavy atom. The summed E-state index contributed by atoms with van der Waals surface area (Å²) >= 11 is 0. The van der Waals surface area contributed by atoms with Crippen molar-refractivity contribution in [2.45, 2.75) is 25.2 Å². The van der Waals surface area contributed by atoms with Crippen molar-refractivity contribution in [1.29, 1.82) is 0 Å². The molecule has 24 heavy (non-hydrogen) atoms. The van der Waals surface area contributed by atoms with E-state index in [1.54, 1.807) is 0 Å². The molecule has 9 heteroatoms. The quantitative estimate of drug-likeness (QED) is 0.786. The van der Waals surface area contributed by atoms with Crippen molar-refractivity contribution >= 4 is 15.9 Å². The maximum atomic E-state index is 13.0. The van der Waals surface area contributed by atoms with E-state index in [1.807, 2.05) is 0 Å². The van der Waals surface area contributed by atoms with Crippen LogP contribution in [0.15, 0.2) is 36.9 Å². The van der Waals surface area contributed by atoms with Crippen LogP contribution in [-0.4, -0.2) is 37.6 Å². The van der Waals surface area contributed by atoms with E-state index in [2.05, 4.69) is 11.3 Å². The van der Waals surface area contributed by atoms with E-state index in [4.69, 9.17) is 0 Å². The summed E-state index contributed by atoms with van der Waals surface area (Å²) in [6.45, 7) is 3.15. The Labute approximate surface area is 138 Å². The summed E-state index contributed by atoms with van der Waals surface area (Å²) in [5.41, 5.74) is -0.818. The van der Waals surface area contributed by atoms with Gasteiger partial charge in [-0.15, -0.1) is 6.58 Å². The van der Waals surface area contributed by atoms with E-state index in [9.17, 15) is 26.4 Å². The van der Waals surface area contributed by atoms with Crippen molar-refractivity contribution in [3.63, 3.8) is 0 Å². The van der Waals surface area contributed by atoms with Gasteiger partial charge in [0.25, 0.3) is 0 Å². The molecule has 5 nitrogen and oxygen atoms in total. The fourth-order valence-electron chi connectivity index (χ4n) is 2.60. The maximum absolute atomic E-state index is 13.0. The molecule has 1 N–H and O–H groups in total. The molecule has 1 fully saturated rings. The van der Waals surface area contributed by atoms with Gasteiger partial charge in [-0.3, -0.25) is 4.79 Å². The van der Waals surface area contributed by atoms with Gasteiger partial charge in [0.05, 0.1) is 11.3 Å². The first-order chi connectivity index (χ1) is 11.1. The van der Waals surface area contributed by atoms with E-state index < -0.39 is 33.7 Å². The topological polar surface area (TPSA) is 66.5 Å². The van der Waals surface area contributed by atoms with E-state index >= 15 is 0 Å². The number of nitrogens with one attached hydrogen (secondary N) is 1. The van der Waals surface area contributed by atoms with E-state index in [0.29, 0.717) is 0 Å². The molecule has 0 aliphatic carbocycles. The van der Waals surface area contributed by atoms with Gasteiger partial charge in [-0.05, 0) is 11.6 Å². The number of sulfonamides is 1. The summed E-state index contributed by atoms with van der Waals surface area (Å²) in [6, 6.07) is 4.37. The molecule has 1 saturated heterocycles. The van der Waals surface area contributed by atoms with Gasteiger partial charge in [0, 0.05) is 25.6 Å². The van der Waals surface area contributed by atoms with Gasteiger partial charge < -0.3 is 4.90 Å². The number of benzene rings is 1. The van der Waals surface area contributed by atoms with Crippen molar-refractivity contribution in [2.75, 3.05) is 12.3 Å². The third kappa shape index (κ3) is 4.57. The lowest BCUT2D eigenvalue weighted by Gasteiger charge is -2.20. The third-order valence-corrected chi connectivity index (χ3v) is 4.95. The van der Waals surface area contributed by atoms with Crippen LogP contribution in [0.5, 0.6) is 0 Å². The number of alkyl halides is 3. The van der Waals surface area contributed by atoms with Gasteiger partial charge in [-0.25, -0.2) is 13.1 Å². The normalized spacial score (nSPS) is 18.9. The second-order valence-electron chi connectivity index (χ2n) is 5.52. The number of amides is 1. The minimum Gasteiger partial charge on any atom is -0.337 e. The zero-order chi connectivity index (χ0) is 18.0. The zero-order valence-electron chi connectivity index (χ0n) is 12.7. The highest BCUT2D eigenvalue weighted by atomic mass is 32.2. The summed E-state index contributed by atoms with van der Waals surface area (Å²) < 4.78 is 64.7. The lowest BCUT2D eigenvalue weighted by Crippen LogP contribution is -2.38. The Morgan fingerprint density at radius 1 is 1.33 bits per heavy atom. The number of hydrogen-bond donors (Lipinski definition) is 1. The van der Waals surface area contributed by atoms with Crippen molar-refractivity contribution in [3.05, 3.63) is 48.0 Å². The first-order valence-electron chi connectivity index (χ1n) is 7.16. The first-order valence-corrected chi connectivity index (χ1v) is 8.81. The number of carbonyl (C=O) groups is 1. The van der Waals surface area contributed by atoms with Crippen LogP contribution in [-0.2, 0) is 27.5 Å². The molecule has 0 spiro atoms. The minimum atomic E-state index is -4.51. The van der Waals surface area contributed by atoms with Crippen molar-refractivity contribution in [3.8, 4) is 0 Å². The molecule has 2 rings (SSSR count). The van der Waals surface area contributed by atoms with Crippen LogP contribution in [0.1, 0.15) is 17.5 Å². The summed E-state index contributed by atoms with van der Waals surface area (Å²) in [5.74, 6) is -0.674. The monoisotopic (exact) mass is 362 g/mol. The lowest BCUT2D eigenvalue weighted by atomic mass is 10.1. The molecule has 1 atom stereocenters. The second kappa shape index (κ2) is 6.94. The largest absolute Gasteiger partial charge is 0.416 e. The summed E-state index contributed by atoms with van der Waals surface area (Å²) in [7, 11) is -3.59. The fourth-order valence-corrected chi connectivity index (χ4v) is 3.67. The average Bonchev–Trinajstić information content (AvgIpc) is 2.77. The second-order valence-corrected chi connectivity index (χ2v) is 7.32.